The van der Waals surface area contributed by atoms with Gasteiger partial charge in [-0.2, -0.15) is 0 Å². The fraction of sp³-hybridized carbons (Fsp3) is 0.345. The van der Waals surface area contributed by atoms with Crippen LogP contribution in [0.5, 0.6) is 0 Å². The normalized spacial score (nSPS) is 12.5. The fourth-order valence-electron chi connectivity index (χ4n) is 4.20. The van der Waals surface area contributed by atoms with Gasteiger partial charge in [-0.1, -0.05) is 69.3 Å². The summed E-state index contributed by atoms with van der Waals surface area (Å²) in [6.45, 7) is 8.07. The van der Waals surface area contributed by atoms with E-state index < -0.39 is 12.1 Å². The van der Waals surface area contributed by atoms with Gasteiger partial charge in [0, 0.05) is 34.9 Å². The number of likely N-dealkylation sites (N-methyl/N-ethyl adjacent to an activating group) is 1. The molecule has 0 bridgehead atoms. The summed E-state index contributed by atoms with van der Waals surface area (Å²) in [6.07, 6.45) is -0.476. The minimum atomic E-state index is -0.875. The lowest BCUT2D eigenvalue weighted by Gasteiger charge is -2.20. The molecule has 6 nitrogen and oxygen atoms in total. The third kappa shape index (κ3) is 6.69. The summed E-state index contributed by atoms with van der Waals surface area (Å²) in [7, 11) is 1.91. The molecule has 1 atom stereocenters. The lowest BCUT2D eigenvalue weighted by molar-refractivity contribution is 0.0696. The van der Waals surface area contributed by atoms with Crippen molar-refractivity contribution in [2.45, 2.75) is 38.8 Å². The summed E-state index contributed by atoms with van der Waals surface area (Å²) < 4.78 is 2.18. The monoisotopic (exact) mass is 476 g/mol. The number of carboxylic acid groups (broad SMARTS) is 1. The summed E-state index contributed by atoms with van der Waals surface area (Å²) in [4.78, 5) is 12.5. The van der Waals surface area contributed by atoms with Crippen LogP contribution in [0.3, 0.4) is 0 Å². The number of fused-ring (bicyclic) bond motifs is 3. The van der Waals surface area contributed by atoms with Crippen molar-refractivity contribution in [2.24, 2.45) is 0 Å². The van der Waals surface area contributed by atoms with Gasteiger partial charge >= 0.3 is 5.97 Å². The van der Waals surface area contributed by atoms with E-state index >= 15 is 0 Å². The maximum absolute atomic E-state index is 10.6. The Kier molecular flexibility index (Phi) is 8.67. The number of hydrogen-bond acceptors (Lipinski definition) is 4. The van der Waals surface area contributed by atoms with Crippen molar-refractivity contribution in [2.75, 3.05) is 26.7 Å². The van der Waals surface area contributed by atoms with Gasteiger partial charge in [-0.25, -0.2) is 4.79 Å². The number of aromatic nitrogens is 1. The number of aliphatic hydroxyl groups excluding tert-OH is 2. The van der Waals surface area contributed by atoms with Gasteiger partial charge in [0.25, 0.3) is 0 Å². The standard InChI is InChI=1S/C18H22N2O2.C11H14O2/c1-19(10-11-21)12-14(22)13-20-17-8-4-2-6-15(17)16-7-3-5-9-18(16)20;1-11(2,3)9-6-4-8(5-7-9)10(12)13/h2-9,14,21-22H,10-13H2,1H3;4-7H,1-3H3,(H,12,13). The molecule has 4 aromatic rings. The first-order valence-electron chi connectivity index (χ1n) is 11.9. The van der Waals surface area contributed by atoms with E-state index in [1.807, 2.05) is 48.3 Å². The van der Waals surface area contributed by atoms with Crippen LogP contribution in [-0.2, 0) is 12.0 Å². The third-order valence-corrected chi connectivity index (χ3v) is 6.08. The lowest BCUT2D eigenvalue weighted by atomic mass is 9.87. The minimum absolute atomic E-state index is 0.0804. The van der Waals surface area contributed by atoms with E-state index in [-0.39, 0.29) is 12.0 Å². The molecule has 186 valence electrons. The molecule has 1 heterocycles. The molecule has 1 unspecified atom stereocenters. The van der Waals surface area contributed by atoms with Crippen molar-refractivity contribution in [1.82, 2.24) is 9.47 Å². The Morgan fingerprint density at radius 2 is 1.43 bits per heavy atom. The molecule has 0 fully saturated rings. The number of carboxylic acids is 1. The van der Waals surface area contributed by atoms with Crippen molar-refractivity contribution in [3.8, 4) is 0 Å². The highest BCUT2D eigenvalue weighted by atomic mass is 16.4. The number of carbonyl (C=O) groups is 1. The molecular formula is C29H36N2O4. The topological polar surface area (TPSA) is 85.9 Å². The molecule has 0 aliphatic heterocycles. The van der Waals surface area contributed by atoms with E-state index in [0.717, 1.165) is 16.6 Å². The quantitative estimate of drug-likeness (QED) is 0.358. The summed E-state index contributed by atoms with van der Waals surface area (Å²) >= 11 is 0. The number of benzene rings is 3. The number of aromatic carboxylic acids is 1. The van der Waals surface area contributed by atoms with Crippen molar-refractivity contribution in [3.63, 3.8) is 0 Å². The largest absolute Gasteiger partial charge is 0.478 e. The lowest BCUT2D eigenvalue weighted by Crippen LogP contribution is -2.33. The highest BCUT2D eigenvalue weighted by molar-refractivity contribution is 6.07. The second-order valence-corrected chi connectivity index (χ2v) is 9.92. The van der Waals surface area contributed by atoms with E-state index in [0.29, 0.717) is 25.2 Å². The first-order valence-corrected chi connectivity index (χ1v) is 11.9. The highest BCUT2D eigenvalue weighted by Gasteiger charge is 2.15. The van der Waals surface area contributed by atoms with E-state index in [2.05, 4.69) is 49.6 Å². The number of aliphatic hydroxyl groups is 2. The number of hydrogen-bond donors (Lipinski definition) is 3. The maximum Gasteiger partial charge on any atom is 0.335 e. The van der Waals surface area contributed by atoms with Crippen LogP contribution in [-0.4, -0.2) is 63.6 Å². The summed E-state index contributed by atoms with van der Waals surface area (Å²) in [6, 6.07) is 23.6. The Morgan fingerprint density at radius 1 is 0.914 bits per heavy atom. The Bertz CT molecular complexity index is 1200. The molecule has 6 heteroatoms. The Morgan fingerprint density at radius 3 is 1.89 bits per heavy atom. The Hall–Kier alpha value is -3.19. The van der Waals surface area contributed by atoms with Gasteiger partial charge in [0.15, 0.2) is 0 Å². The van der Waals surface area contributed by atoms with Gasteiger partial charge in [0.05, 0.1) is 24.8 Å². The van der Waals surface area contributed by atoms with Crippen LogP contribution in [0.15, 0.2) is 72.8 Å². The maximum atomic E-state index is 10.6. The van der Waals surface area contributed by atoms with Crippen molar-refractivity contribution in [1.29, 1.82) is 0 Å². The average molecular weight is 477 g/mol. The molecule has 35 heavy (non-hydrogen) atoms. The first kappa shape index (κ1) is 26.4. The number of rotatable bonds is 7. The molecule has 4 rings (SSSR count). The van der Waals surface area contributed by atoms with Crippen LogP contribution in [0.4, 0.5) is 0 Å². The van der Waals surface area contributed by atoms with Gasteiger partial charge in [0.2, 0.25) is 0 Å². The predicted molar refractivity (Wildman–Crippen MR) is 142 cm³/mol. The van der Waals surface area contributed by atoms with Crippen LogP contribution in [0.1, 0.15) is 36.7 Å². The molecule has 0 spiro atoms. The van der Waals surface area contributed by atoms with Crippen LogP contribution in [0.25, 0.3) is 21.8 Å². The van der Waals surface area contributed by atoms with E-state index in [1.165, 1.54) is 10.8 Å². The molecule has 0 aliphatic carbocycles. The number of para-hydroxylation sites is 2. The van der Waals surface area contributed by atoms with Crippen molar-refractivity contribution in [3.05, 3.63) is 83.9 Å². The van der Waals surface area contributed by atoms with Crippen molar-refractivity contribution >= 4 is 27.8 Å². The SMILES string of the molecule is CC(C)(C)c1ccc(C(=O)O)cc1.CN(CCO)CC(O)Cn1c2ccccc2c2ccccc21. The first-order chi connectivity index (χ1) is 16.6. The van der Waals surface area contributed by atoms with Gasteiger partial charge in [-0.15, -0.1) is 0 Å². The van der Waals surface area contributed by atoms with E-state index in [1.54, 1.807) is 12.1 Å². The molecule has 0 saturated carbocycles. The van der Waals surface area contributed by atoms with Gasteiger partial charge in [-0.3, -0.25) is 0 Å². The minimum Gasteiger partial charge on any atom is -0.478 e. The van der Waals surface area contributed by atoms with E-state index in [9.17, 15) is 9.90 Å². The highest BCUT2D eigenvalue weighted by Crippen LogP contribution is 2.29. The molecule has 1 aromatic heterocycles. The van der Waals surface area contributed by atoms with Crippen molar-refractivity contribution < 1.29 is 20.1 Å². The summed E-state index contributed by atoms with van der Waals surface area (Å²) in [5, 5.41) is 30.5. The Balaban J connectivity index is 0.000000225. The van der Waals surface area contributed by atoms with Gasteiger partial charge < -0.3 is 24.8 Å². The third-order valence-electron chi connectivity index (χ3n) is 6.08. The van der Waals surface area contributed by atoms with Crippen LogP contribution < -0.4 is 0 Å². The summed E-state index contributed by atoms with van der Waals surface area (Å²) in [5.41, 5.74) is 3.86. The smallest absolute Gasteiger partial charge is 0.335 e. The zero-order chi connectivity index (χ0) is 25.6. The zero-order valence-electron chi connectivity index (χ0n) is 21.0. The molecule has 3 aromatic carbocycles. The van der Waals surface area contributed by atoms with E-state index in [4.69, 9.17) is 10.2 Å². The van der Waals surface area contributed by atoms with Crippen LogP contribution >= 0.6 is 0 Å². The molecule has 0 aliphatic rings. The molecule has 0 radical (unpaired) electrons. The molecule has 0 amide bonds. The zero-order valence-corrected chi connectivity index (χ0v) is 21.0. The van der Waals surface area contributed by atoms with Crippen LogP contribution in [0, 0.1) is 0 Å². The second-order valence-electron chi connectivity index (χ2n) is 9.92. The van der Waals surface area contributed by atoms with Gasteiger partial charge in [-0.05, 0) is 42.3 Å². The molecule has 0 saturated heterocycles. The van der Waals surface area contributed by atoms with Crippen LogP contribution in [0.2, 0.25) is 0 Å². The fourth-order valence-corrected chi connectivity index (χ4v) is 4.20. The summed E-state index contributed by atoms with van der Waals surface area (Å²) in [5.74, 6) is -0.875. The predicted octanol–water partition coefficient (Wildman–Crippen LogP) is 4.76. The van der Waals surface area contributed by atoms with Gasteiger partial charge in [0.1, 0.15) is 0 Å². The molecular weight excluding hydrogens is 440 g/mol. The second kappa shape index (κ2) is 11.5. The Labute approximate surface area is 207 Å². The average Bonchev–Trinajstić information content (AvgIpc) is 3.13. The number of nitrogens with zero attached hydrogens (tertiary/aromatic N) is 2. The molecule has 3 N–H and O–H groups in total.